The number of aryl methyl sites for hydroxylation is 2. The molecule has 0 spiro atoms. The summed E-state index contributed by atoms with van der Waals surface area (Å²) in [6.07, 6.45) is 7.12. The van der Waals surface area contributed by atoms with E-state index in [9.17, 15) is 0 Å². The van der Waals surface area contributed by atoms with Crippen molar-refractivity contribution in [2.24, 2.45) is 5.41 Å². The maximum atomic E-state index is 4.03. The molecule has 0 saturated carbocycles. The number of hydrogen-bond donors (Lipinski definition) is 0. The van der Waals surface area contributed by atoms with Gasteiger partial charge in [0.1, 0.15) is 0 Å². The molecule has 0 bridgehead atoms. The molecule has 1 aromatic rings. The standard InChI is InChI=1S/C12H23N3/c1-11-10-15(14-13-11)9-7-5-6-8-12(2,3)4/h10H,5-9H2,1-4H3. The highest BCUT2D eigenvalue weighted by molar-refractivity contribution is 4.86. The topological polar surface area (TPSA) is 30.7 Å². The Morgan fingerprint density at radius 2 is 1.93 bits per heavy atom. The molecular weight excluding hydrogens is 186 g/mol. The first-order valence-electron chi connectivity index (χ1n) is 5.84. The van der Waals surface area contributed by atoms with Crippen LogP contribution in [0.2, 0.25) is 0 Å². The quantitative estimate of drug-likeness (QED) is 0.697. The molecule has 0 aliphatic carbocycles. The van der Waals surface area contributed by atoms with Crippen LogP contribution in [0.4, 0.5) is 0 Å². The fourth-order valence-electron chi connectivity index (χ4n) is 1.61. The molecule has 3 nitrogen and oxygen atoms in total. The van der Waals surface area contributed by atoms with Gasteiger partial charge in [-0.15, -0.1) is 5.10 Å². The van der Waals surface area contributed by atoms with Crippen molar-refractivity contribution in [3.05, 3.63) is 11.9 Å². The van der Waals surface area contributed by atoms with E-state index in [4.69, 9.17) is 0 Å². The molecular formula is C12H23N3. The molecule has 1 aromatic heterocycles. The van der Waals surface area contributed by atoms with Crippen LogP contribution in [0.15, 0.2) is 6.20 Å². The van der Waals surface area contributed by atoms with Gasteiger partial charge in [0.25, 0.3) is 0 Å². The Labute approximate surface area is 92.9 Å². The van der Waals surface area contributed by atoms with Crippen molar-refractivity contribution in [2.45, 2.75) is 59.9 Å². The van der Waals surface area contributed by atoms with Crippen LogP contribution in [-0.2, 0) is 6.54 Å². The summed E-state index contributed by atoms with van der Waals surface area (Å²) in [6, 6.07) is 0. The van der Waals surface area contributed by atoms with Gasteiger partial charge in [-0.3, -0.25) is 4.68 Å². The van der Waals surface area contributed by atoms with E-state index in [0.29, 0.717) is 5.41 Å². The maximum Gasteiger partial charge on any atom is 0.0796 e. The predicted molar refractivity (Wildman–Crippen MR) is 62.7 cm³/mol. The molecule has 0 aromatic carbocycles. The second kappa shape index (κ2) is 5.29. The summed E-state index contributed by atoms with van der Waals surface area (Å²) >= 11 is 0. The highest BCUT2D eigenvalue weighted by Gasteiger charge is 2.08. The lowest BCUT2D eigenvalue weighted by Gasteiger charge is -2.17. The summed E-state index contributed by atoms with van der Waals surface area (Å²) in [5.41, 5.74) is 1.48. The SMILES string of the molecule is Cc1cn(CCCCCC(C)(C)C)nn1. The van der Waals surface area contributed by atoms with Crippen molar-refractivity contribution in [3.63, 3.8) is 0 Å². The number of unbranched alkanes of at least 4 members (excludes halogenated alkanes) is 2. The fourth-order valence-corrected chi connectivity index (χ4v) is 1.61. The van der Waals surface area contributed by atoms with Crippen LogP contribution in [0.1, 0.15) is 52.1 Å². The van der Waals surface area contributed by atoms with Gasteiger partial charge in [-0.05, 0) is 25.2 Å². The van der Waals surface area contributed by atoms with Crippen molar-refractivity contribution < 1.29 is 0 Å². The maximum absolute atomic E-state index is 4.03. The zero-order valence-electron chi connectivity index (χ0n) is 10.5. The molecule has 15 heavy (non-hydrogen) atoms. The number of rotatable bonds is 5. The smallest absolute Gasteiger partial charge is 0.0796 e. The minimum Gasteiger partial charge on any atom is -0.252 e. The first kappa shape index (κ1) is 12.2. The molecule has 3 heteroatoms. The minimum atomic E-state index is 0.476. The normalized spacial score (nSPS) is 12.0. The summed E-state index contributed by atoms with van der Waals surface area (Å²) in [5.74, 6) is 0. The number of hydrogen-bond acceptors (Lipinski definition) is 2. The molecule has 0 aliphatic heterocycles. The lowest BCUT2D eigenvalue weighted by atomic mass is 9.89. The molecule has 0 saturated heterocycles. The summed E-state index contributed by atoms with van der Waals surface area (Å²) in [5, 5.41) is 8.00. The third-order valence-corrected chi connectivity index (χ3v) is 2.47. The monoisotopic (exact) mass is 209 g/mol. The van der Waals surface area contributed by atoms with Gasteiger partial charge in [-0.2, -0.15) is 0 Å². The van der Waals surface area contributed by atoms with Gasteiger partial charge >= 0.3 is 0 Å². The average Bonchev–Trinajstić information content (AvgIpc) is 2.49. The second-order valence-electron chi connectivity index (χ2n) is 5.49. The van der Waals surface area contributed by atoms with Gasteiger partial charge < -0.3 is 0 Å². The third kappa shape index (κ3) is 5.55. The average molecular weight is 209 g/mol. The molecule has 0 aliphatic rings. The highest BCUT2D eigenvalue weighted by Crippen LogP contribution is 2.21. The Morgan fingerprint density at radius 1 is 1.20 bits per heavy atom. The van der Waals surface area contributed by atoms with Crippen molar-refractivity contribution in [2.75, 3.05) is 0 Å². The van der Waals surface area contributed by atoms with Crippen molar-refractivity contribution >= 4 is 0 Å². The summed E-state index contributed by atoms with van der Waals surface area (Å²) in [7, 11) is 0. The van der Waals surface area contributed by atoms with Crippen LogP contribution in [0.3, 0.4) is 0 Å². The van der Waals surface area contributed by atoms with E-state index >= 15 is 0 Å². The van der Waals surface area contributed by atoms with E-state index in [1.807, 2.05) is 17.8 Å². The molecule has 0 radical (unpaired) electrons. The number of nitrogens with zero attached hydrogens (tertiary/aromatic N) is 3. The van der Waals surface area contributed by atoms with Crippen LogP contribution in [0.5, 0.6) is 0 Å². The van der Waals surface area contributed by atoms with Gasteiger partial charge in [0.15, 0.2) is 0 Å². The Kier molecular flexibility index (Phi) is 4.30. The lowest BCUT2D eigenvalue weighted by Crippen LogP contribution is -2.05. The Bertz CT molecular complexity index is 283. The Balaban J connectivity index is 2.07. The van der Waals surface area contributed by atoms with E-state index in [0.717, 1.165) is 12.2 Å². The van der Waals surface area contributed by atoms with E-state index in [1.54, 1.807) is 0 Å². The molecule has 0 amide bonds. The molecule has 0 fully saturated rings. The molecule has 0 atom stereocenters. The van der Waals surface area contributed by atoms with E-state index < -0.39 is 0 Å². The third-order valence-electron chi connectivity index (χ3n) is 2.47. The van der Waals surface area contributed by atoms with Gasteiger partial charge in [0.05, 0.1) is 5.69 Å². The van der Waals surface area contributed by atoms with Crippen molar-refractivity contribution in [1.29, 1.82) is 0 Å². The van der Waals surface area contributed by atoms with Crippen LogP contribution < -0.4 is 0 Å². The predicted octanol–water partition coefficient (Wildman–Crippen LogP) is 3.19. The van der Waals surface area contributed by atoms with Crippen molar-refractivity contribution in [1.82, 2.24) is 15.0 Å². The fraction of sp³-hybridized carbons (Fsp3) is 0.833. The Hall–Kier alpha value is -0.860. The van der Waals surface area contributed by atoms with Crippen molar-refractivity contribution in [3.8, 4) is 0 Å². The number of aromatic nitrogens is 3. The van der Waals surface area contributed by atoms with Gasteiger partial charge in [-0.1, -0.05) is 38.8 Å². The second-order valence-corrected chi connectivity index (χ2v) is 5.49. The van der Waals surface area contributed by atoms with E-state index in [2.05, 4.69) is 31.1 Å². The van der Waals surface area contributed by atoms with Crippen LogP contribution in [0.25, 0.3) is 0 Å². The lowest BCUT2D eigenvalue weighted by molar-refractivity contribution is 0.354. The van der Waals surface area contributed by atoms with Crippen LogP contribution in [-0.4, -0.2) is 15.0 Å². The zero-order chi connectivity index (χ0) is 11.3. The molecule has 0 N–H and O–H groups in total. The van der Waals surface area contributed by atoms with Crippen LogP contribution >= 0.6 is 0 Å². The van der Waals surface area contributed by atoms with Gasteiger partial charge in [0.2, 0.25) is 0 Å². The summed E-state index contributed by atoms with van der Waals surface area (Å²) in [4.78, 5) is 0. The minimum absolute atomic E-state index is 0.476. The molecule has 1 rings (SSSR count). The van der Waals surface area contributed by atoms with E-state index in [-0.39, 0.29) is 0 Å². The first-order valence-corrected chi connectivity index (χ1v) is 5.84. The largest absolute Gasteiger partial charge is 0.252 e. The molecule has 86 valence electrons. The zero-order valence-corrected chi connectivity index (χ0v) is 10.5. The first-order chi connectivity index (χ1) is 6.97. The van der Waals surface area contributed by atoms with Crippen LogP contribution in [0, 0.1) is 12.3 Å². The Morgan fingerprint density at radius 3 is 2.47 bits per heavy atom. The highest BCUT2D eigenvalue weighted by atomic mass is 15.4. The van der Waals surface area contributed by atoms with Gasteiger partial charge in [0, 0.05) is 12.7 Å². The molecule has 0 unspecified atom stereocenters. The summed E-state index contributed by atoms with van der Waals surface area (Å²) < 4.78 is 1.94. The molecule has 1 heterocycles. The van der Waals surface area contributed by atoms with Gasteiger partial charge in [-0.25, -0.2) is 0 Å². The summed E-state index contributed by atoms with van der Waals surface area (Å²) in [6.45, 7) is 9.88. The van der Waals surface area contributed by atoms with E-state index in [1.165, 1.54) is 25.7 Å².